The molecule has 0 aromatic heterocycles. The summed E-state index contributed by atoms with van der Waals surface area (Å²) in [5, 5.41) is 0. The van der Waals surface area contributed by atoms with Crippen molar-refractivity contribution in [3.8, 4) is 0 Å². The Morgan fingerprint density at radius 2 is 1.52 bits per heavy atom. The van der Waals surface area contributed by atoms with Crippen molar-refractivity contribution in [1.29, 1.82) is 0 Å². The first-order valence-electron chi connectivity index (χ1n) is 6.33. The summed E-state index contributed by atoms with van der Waals surface area (Å²) in [5.41, 5.74) is 1.93. The van der Waals surface area contributed by atoms with Gasteiger partial charge in [-0.15, -0.1) is 12.4 Å². The van der Waals surface area contributed by atoms with Gasteiger partial charge in [0.25, 0.3) is 5.91 Å². The van der Waals surface area contributed by atoms with Crippen LogP contribution >= 0.6 is 12.4 Å². The molecule has 10 heteroatoms. The van der Waals surface area contributed by atoms with Gasteiger partial charge in [0.2, 0.25) is 0 Å². The molecule has 0 spiro atoms. The third kappa shape index (κ3) is 4.51. The topological polar surface area (TPSA) is 46.3 Å². The Morgan fingerprint density at radius 1 is 1.04 bits per heavy atom. The Morgan fingerprint density at radius 3 is 1.87 bits per heavy atom. The summed E-state index contributed by atoms with van der Waals surface area (Å²) >= 11 is 0. The maximum atomic E-state index is 12.7. The van der Waals surface area contributed by atoms with Crippen LogP contribution in [0.5, 0.6) is 0 Å². The van der Waals surface area contributed by atoms with Crippen LogP contribution in [0.4, 0.5) is 26.3 Å². The van der Waals surface area contributed by atoms with Gasteiger partial charge in [-0.2, -0.15) is 26.3 Å². The van der Waals surface area contributed by atoms with Gasteiger partial charge in [-0.05, 0) is 24.6 Å². The van der Waals surface area contributed by atoms with E-state index in [0.29, 0.717) is 18.6 Å². The molecule has 0 unspecified atom stereocenters. The van der Waals surface area contributed by atoms with E-state index in [1.807, 2.05) is 0 Å². The smallest absolute Gasteiger partial charge is 0.337 e. The van der Waals surface area contributed by atoms with Gasteiger partial charge in [-0.25, -0.2) is 0 Å². The van der Waals surface area contributed by atoms with E-state index in [1.165, 1.54) is 0 Å². The van der Waals surface area contributed by atoms with Crippen LogP contribution < -0.4 is 5.73 Å². The zero-order valence-electron chi connectivity index (χ0n) is 11.5. The molecule has 1 aromatic rings. The average Bonchev–Trinajstić information content (AvgIpc) is 2.82. The van der Waals surface area contributed by atoms with Gasteiger partial charge in [-0.1, -0.05) is 0 Å². The molecule has 0 saturated carbocycles. The SMILES string of the molecule is Cl.N[C@@H]1CCN(C(=O)c2cc(C(F)(F)F)cc(C(F)(F)F)c2)C1. The number of amides is 1. The van der Waals surface area contributed by atoms with Crippen LogP contribution in [0, 0.1) is 0 Å². The summed E-state index contributed by atoms with van der Waals surface area (Å²) in [6.07, 6.45) is -9.49. The second-order valence-corrected chi connectivity index (χ2v) is 5.09. The van der Waals surface area contributed by atoms with E-state index >= 15 is 0 Å². The quantitative estimate of drug-likeness (QED) is 0.779. The third-order valence-corrected chi connectivity index (χ3v) is 3.35. The first kappa shape index (κ1) is 19.6. The Hall–Kier alpha value is -1.48. The number of carbonyl (C=O) groups is 1. The Labute approximate surface area is 133 Å². The highest BCUT2D eigenvalue weighted by atomic mass is 35.5. The molecular formula is C13H13ClF6N2O. The van der Waals surface area contributed by atoms with E-state index in [0.717, 1.165) is 4.90 Å². The molecule has 1 atom stereocenters. The summed E-state index contributed by atoms with van der Waals surface area (Å²) in [7, 11) is 0. The minimum Gasteiger partial charge on any atom is -0.337 e. The standard InChI is InChI=1S/C13H12F6N2O.ClH/c14-12(15,16)8-3-7(4-9(5-8)13(17,18)19)11(22)21-2-1-10(20)6-21;/h3-5,10H,1-2,6,20H2;1H/t10-;/m1./s1. The summed E-state index contributed by atoms with van der Waals surface area (Å²) in [4.78, 5) is 13.2. The fraction of sp³-hybridized carbons (Fsp3) is 0.462. The van der Waals surface area contributed by atoms with Crippen LogP contribution in [0.25, 0.3) is 0 Å². The number of alkyl halides is 6. The van der Waals surface area contributed by atoms with E-state index in [-0.39, 0.29) is 37.6 Å². The fourth-order valence-electron chi connectivity index (χ4n) is 2.23. The van der Waals surface area contributed by atoms with Crippen molar-refractivity contribution >= 4 is 18.3 Å². The predicted octanol–water partition coefficient (Wildman–Crippen LogP) is 3.32. The zero-order valence-corrected chi connectivity index (χ0v) is 12.4. The van der Waals surface area contributed by atoms with Crippen molar-refractivity contribution in [2.45, 2.75) is 24.8 Å². The van der Waals surface area contributed by atoms with E-state index in [9.17, 15) is 31.1 Å². The van der Waals surface area contributed by atoms with E-state index < -0.39 is 35.0 Å². The second-order valence-electron chi connectivity index (χ2n) is 5.09. The summed E-state index contributed by atoms with van der Waals surface area (Å²) in [6.45, 7) is 0.314. The van der Waals surface area contributed by atoms with Gasteiger partial charge in [0.05, 0.1) is 11.1 Å². The zero-order chi connectivity index (χ0) is 16.7. The van der Waals surface area contributed by atoms with Gasteiger partial charge in [-0.3, -0.25) is 4.79 Å². The maximum Gasteiger partial charge on any atom is 0.416 e. The van der Waals surface area contributed by atoms with Gasteiger partial charge >= 0.3 is 12.4 Å². The molecule has 3 nitrogen and oxygen atoms in total. The Balaban J connectivity index is 0.00000264. The summed E-state index contributed by atoms with van der Waals surface area (Å²) < 4.78 is 76.4. The normalized spacial score (nSPS) is 18.7. The summed E-state index contributed by atoms with van der Waals surface area (Å²) in [5.74, 6) is -0.885. The van der Waals surface area contributed by atoms with Crippen molar-refractivity contribution in [3.05, 3.63) is 34.9 Å². The van der Waals surface area contributed by atoms with E-state index in [4.69, 9.17) is 5.73 Å². The number of halogens is 7. The molecular weight excluding hydrogens is 350 g/mol. The second kappa shape index (κ2) is 6.56. The van der Waals surface area contributed by atoms with Crippen molar-refractivity contribution in [1.82, 2.24) is 4.90 Å². The molecule has 0 radical (unpaired) electrons. The lowest BCUT2D eigenvalue weighted by molar-refractivity contribution is -0.143. The summed E-state index contributed by atoms with van der Waals surface area (Å²) in [6, 6.07) is 0.534. The molecule has 1 heterocycles. The average molecular weight is 363 g/mol. The number of benzene rings is 1. The molecule has 1 aliphatic rings. The molecule has 23 heavy (non-hydrogen) atoms. The van der Waals surface area contributed by atoms with Crippen LogP contribution in [0.15, 0.2) is 18.2 Å². The molecule has 2 rings (SSSR count). The number of hydrogen-bond donors (Lipinski definition) is 1. The number of carbonyl (C=O) groups excluding carboxylic acids is 1. The highest BCUT2D eigenvalue weighted by Crippen LogP contribution is 2.36. The van der Waals surface area contributed by atoms with Gasteiger partial charge in [0.15, 0.2) is 0 Å². The lowest BCUT2D eigenvalue weighted by atomic mass is 10.0. The minimum atomic E-state index is -4.97. The fourth-order valence-corrected chi connectivity index (χ4v) is 2.23. The van der Waals surface area contributed by atoms with E-state index in [2.05, 4.69) is 0 Å². The Kier molecular flexibility index (Phi) is 5.58. The van der Waals surface area contributed by atoms with Crippen LogP contribution in [-0.4, -0.2) is 29.9 Å². The van der Waals surface area contributed by atoms with Crippen molar-refractivity contribution < 1.29 is 31.1 Å². The third-order valence-electron chi connectivity index (χ3n) is 3.35. The van der Waals surface area contributed by atoms with Crippen LogP contribution in [0.2, 0.25) is 0 Å². The van der Waals surface area contributed by atoms with Gasteiger partial charge in [0, 0.05) is 24.7 Å². The highest BCUT2D eigenvalue weighted by molar-refractivity contribution is 5.95. The van der Waals surface area contributed by atoms with Gasteiger partial charge in [0.1, 0.15) is 0 Å². The number of nitrogens with zero attached hydrogens (tertiary/aromatic N) is 1. The Bertz CT molecular complexity index is 555. The predicted molar refractivity (Wildman–Crippen MR) is 72.2 cm³/mol. The molecule has 1 aromatic carbocycles. The first-order chi connectivity index (χ1) is 9.98. The number of hydrogen-bond acceptors (Lipinski definition) is 2. The van der Waals surface area contributed by atoms with Crippen LogP contribution in [0.3, 0.4) is 0 Å². The molecule has 130 valence electrons. The lowest BCUT2D eigenvalue weighted by Gasteiger charge is -2.18. The monoisotopic (exact) mass is 362 g/mol. The van der Waals surface area contributed by atoms with Crippen LogP contribution in [0.1, 0.15) is 27.9 Å². The maximum absolute atomic E-state index is 12.7. The van der Waals surface area contributed by atoms with Crippen LogP contribution in [-0.2, 0) is 12.4 Å². The van der Waals surface area contributed by atoms with Crippen molar-refractivity contribution in [2.75, 3.05) is 13.1 Å². The number of rotatable bonds is 1. The number of likely N-dealkylation sites (tertiary alicyclic amines) is 1. The number of nitrogens with two attached hydrogens (primary N) is 1. The molecule has 1 amide bonds. The van der Waals surface area contributed by atoms with Crippen molar-refractivity contribution in [3.63, 3.8) is 0 Å². The lowest BCUT2D eigenvalue weighted by Crippen LogP contribution is -2.32. The molecule has 0 aliphatic carbocycles. The molecule has 2 N–H and O–H groups in total. The van der Waals surface area contributed by atoms with Gasteiger partial charge < -0.3 is 10.6 Å². The first-order valence-corrected chi connectivity index (χ1v) is 6.33. The molecule has 1 aliphatic heterocycles. The highest BCUT2D eigenvalue weighted by Gasteiger charge is 2.38. The molecule has 1 saturated heterocycles. The molecule has 0 bridgehead atoms. The van der Waals surface area contributed by atoms with E-state index in [1.54, 1.807) is 0 Å². The molecule has 1 fully saturated rings. The van der Waals surface area contributed by atoms with Crippen molar-refractivity contribution in [2.24, 2.45) is 5.73 Å². The minimum absolute atomic E-state index is 0. The largest absolute Gasteiger partial charge is 0.416 e.